The number of nitrogens with zero attached hydrogens (tertiary/aromatic N) is 1. The number of aliphatic imine (C=N–C) groups is 1. The molecule has 1 aromatic rings. The molecule has 1 unspecified atom stereocenters. The lowest BCUT2D eigenvalue weighted by Crippen LogP contribution is -2.10. The Bertz CT molecular complexity index is 531. The van der Waals surface area contributed by atoms with Gasteiger partial charge in [-0.15, -0.1) is 4.99 Å². The van der Waals surface area contributed by atoms with Crippen molar-refractivity contribution in [3.63, 3.8) is 0 Å². The summed E-state index contributed by atoms with van der Waals surface area (Å²) in [6.07, 6.45) is 4.11. The van der Waals surface area contributed by atoms with E-state index in [0.717, 1.165) is 12.3 Å². The zero-order valence-corrected chi connectivity index (χ0v) is 17.4. The summed E-state index contributed by atoms with van der Waals surface area (Å²) in [5, 5.41) is 0.390. The molecule has 1 atom stereocenters. The van der Waals surface area contributed by atoms with E-state index in [4.69, 9.17) is 9.47 Å². The lowest BCUT2D eigenvalue weighted by molar-refractivity contribution is 0.162. The number of thioether (sulfide) groups is 1. The van der Waals surface area contributed by atoms with Gasteiger partial charge in [0.2, 0.25) is 0 Å². The van der Waals surface area contributed by atoms with Gasteiger partial charge in [-0.25, -0.2) is 4.79 Å². The Morgan fingerprint density at radius 3 is 2.46 bits per heavy atom. The second-order valence-electron chi connectivity index (χ2n) is 6.92. The molecular formula is C21H33NO3S. The van der Waals surface area contributed by atoms with Crippen molar-refractivity contribution >= 4 is 23.1 Å². The number of carbonyl (C=O) groups excluding carboxylic acids is 1. The SMILES string of the molecule is CCOC(=O)N=C(OCCC(C)CCCC(C)C)SCc1ccccc1. The lowest BCUT2D eigenvalue weighted by atomic mass is 9.98. The molecule has 5 heteroatoms. The van der Waals surface area contributed by atoms with Crippen LogP contribution in [0.25, 0.3) is 0 Å². The van der Waals surface area contributed by atoms with Crippen LogP contribution in [-0.4, -0.2) is 24.5 Å². The minimum atomic E-state index is -0.590. The van der Waals surface area contributed by atoms with E-state index in [-0.39, 0.29) is 0 Å². The molecule has 0 saturated carbocycles. The highest BCUT2D eigenvalue weighted by atomic mass is 32.2. The van der Waals surface area contributed by atoms with Crippen LogP contribution in [0, 0.1) is 11.8 Å². The predicted molar refractivity (Wildman–Crippen MR) is 111 cm³/mol. The summed E-state index contributed by atoms with van der Waals surface area (Å²) in [5.74, 6) is 2.08. The van der Waals surface area contributed by atoms with E-state index in [1.165, 1.54) is 36.6 Å². The fourth-order valence-corrected chi connectivity index (χ4v) is 3.21. The van der Waals surface area contributed by atoms with Crippen LogP contribution >= 0.6 is 11.8 Å². The number of amides is 1. The monoisotopic (exact) mass is 379 g/mol. The van der Waals surface area contributed by atoms with Crippen LogP contribution in [0.3, 0.4) is 0 Å². The molecular weight excluding hydrogens is 346 g/mol. The predicted octanol–water partition coefficient (Wildman–Crippen LogP) is 6.30. The van der Waals surface area contributed by atoms with Gasteiger partial charge < -0.3 is 9.47 Å². The van der Waals surface area contributed by atoms with E-state index in [2.05, 4.69) is 25.8 Å². The van der Waals surface area contributed by atoms with E-state index in [1.807, 2.05) is 30.3 Å². The summed E-state index contributed by atoms with van der Waals surface area (Å²) < 4.78 is 10.7. The van der Waals surface area contributed by atoms with Crippen molar-refractivity contribution in [1.29, 1.82) is 0 Å². The fourth-order valence-electron chi connectivity index (χ4n) is 2.42. The van der Waals surface area contributed by atoms with Gasteiger partial charge >= 0.3 is 6.09 Å². The van der Waals surface area contributed by atoms with E-state index < -0.39 is 6.09 Å². The molecule has 0 aliphatic heterocycles. The molecule has 0 radical (unpaired) electrons. The lowest BCUT2D eigenvalue weighted by Gasteiger charge is -2.14. The number of ether oxygens (including phenoxy) is 2. The van der Waals surface area contributed by atoms with Gasteiger partial charge in [0.25, 0.3) is 5.23 Å². The third kappa shape index (κ3) is 11.2. The van der Waals surface area contributed by atoms with Gasteiger partial charge in [0.1, 0.15) is 0 Å². The molecule has 0 heterocycles. The maximum atomic E-state index is 11.7. The number of carbonyl (C=O) groups is 1. The van der Waals surface area contributed by atoms with Crippen LogP contribution in [0.4, 0.5) is 4.79 Å². The second kappa shape index (κ2) is 13.7. The van der Waals surface area contributed by atoms with Gasteiger partial charge in [-0.05, 0) is 30.7 Å². The molecule has 1 rings (SSSR count). The summed E-state index contributed by atoms with van der Waals surface area (Å²) in [7, 11) is 0. The number of benzene rings is 1. The number of hydrogen-bond donors (Lipinski definition) is 0. The summed E-state index contributed by atoms with van der Waals surface area (Å²) in [6, 6.07) is 10.1. The van der Waals surface area contributed by atoms with E-state index in [0.29, 0.717) is 30.1 Å². The maximum absolute atomic E-state index is 11.7. The van der Waals surface area contributed by atoms with E-state index >= 15 is 0 Å². The van der Waals surface area contributed by atoms with Crippen LogP contribution in [-0.2, 0) is 15.2 Å². The average molecular weight is 380 g/mol. The van der Waals surface area contributed by atoms with Crippen molar-refractivity contribution in [3.8, 4) is 0 Å². The van der Waals surface area contributed by atoms with Gasteiger partial charge in [-0.1, -0.05) is 82.1 Å². The largest absolute Gasteiger partial charge is 0.473 e. The van der Waals surface area contributed by atoms with E-state index in [1.54, 1.807) is 6.92 Å². The third-order valence-electron chi connectivity index (χ3n) is 3.97. The van der Waals surface area contributed by atoms with Crippen LogP contribution in [0.2, 0.25) is 0 Å². The molecule has 146 valence electrons. The van der Waals surface area contributed by atoms with Gasteiger partial charge in [0.05, 0.1) is 13.2 Å². The fraction of sp³-hybridized carbons (Fsp3) is 0.619. The quantitative estimate of drug-likeness (QED) is 0.353. The van der Waals surface area contributed by atoms with Crippen LogP contribution in [0.1, 0.15) is 58.9 Å². The summed E-state index contributed by atoms with van der Waals surface area (Å²) >= 11 is 1.43. The molecule has 0 aliphatic rings. The Morgan fingerprint density at radius 1 is 1.08 bits per heavy atom. The highest BCUT2D eigenvalue weighted by Gasteiger charge is 2.10. The molecule has 1 aromatic carbocycles. The minimum absolute atomic E-state index is 0.311. The molecule has 0 fully saturated rings. The first-order chi connectivity index (χ1) is 12.5. The van der Waals surface area contributed by atoms with Gasteiger partial charge in [-0.2, -0.15) is 0 Å². The first-order valence-corrected chi connectivity index (χ1v) is 10.5. The number of hydrogen-bond acceptors (Lipinski definition) is 4. The Morgan fingerprint density at radius 2 is 1.81 bits per heavy atom. The molecule has 0 aliphatic carbocycles. The summed E-state index contributed by atoms with van der Waals surface area (Å²) in [5.41, 5.74) is 1.17. The Kier molecular flexibility index (Phi) is 11.9. The zero-order chi connectivity index (χ0) is 19.2. The molecule has 0 saturated heterocycles. The van der Waals surface area contributed by atoms with Gasteiger partial charge in [-0.3, -0.25) is 0 Å². The standard InChI is InChI=1S/C21H33NO3S/c1-5-24-20(23)22-21(26-16-19-12-7-6-8-13-19)25-15-14-18(4)11-9-10-17(2)3/h6-8,12-13,17-18H,5,9-11,14-16H2,1-4H3. The average Bonchev–Trinajstić information content (AvgIpc) is 2.60. The van der Waals surface area contributed by atoms with E-state index in [9.17, 15) is 4.79 Å². The topological polar surface area (TPSA) is 47.9 Å². The van der Waals surface area contributed by atoms with Crippen LogP contribution in [0.5, 0.6) is 0 Å². The van der Waals surface area contributed by atoms with Crippen molar-refractivity contribution in [2.45, 2.75) is 59.1 Å². The molecule has 0 spiro atoms. The van der Waals surface area contributed by atoms with Crippen LogP contribution in [0.15, 0.2) is 35.3 Å². The maximum Gasteiger partial charge on any atom is 0.437 e. The summed E-state index contributed by atoms with van der Waals surface area (Å²) in [6.45, 7) is 9.42. The Labute approximate surface area is 162 Å². The molecule has 4 nitrogen and oxygen atoms in total. The normalized spacial score (nSPS) is 12.9. The van der Waals surface area contributed by atoms with Crippen molar-refractivity contribution in [1.82, 2.24) is 0 Å². The van der Waals surface area contributed by atoms with Crippen LogP contribution < -0.4 is 0 Å². The van der Waals surface area contributed by atoms with Crippen molar-refractivity contribution in [2.24, 2.45) is 16.8 Å². The third-order valence-corrected chi connectivity index (χ3v) is 4.90. The Hall–Kier alpha value is -1.49. The first-order valence-electron chi connectivity index (χ1n) is 9.56. The second-order valence-corrected chi connectivity index (χ2v) is 7.84. The minimum Gasteiger partial charge on any atom is -0.473 e. The van der Waals surface area contributed by atoms with Crippen molar-refractivity contribution in [3.05, 3.63) is 35.9 Å². The van der Waals surface area contributed by atoms with Gasteiger partial charge in [0, 0.05) is 5.75 Å². The van der Waals surface area contributed by atoms with Crippen molar-refractivity contribution < 1.29 is 14.3 Å². The molecule has 0 aromatic heterocycles. The zero-order valence-electron chi connectivity index (χ0n) is 16.6. The molecule has 26 heavy (non-hydrogen) atoms. The summed E-state index contributed by atoms with van der Waals surface area (Å²) in [4.78, 5) is 15.6. The first kappa shape index (κ1) is 22.6. The molecule has 0 N–H and O–H groups in total. The molecule has 0 bridgehead atoms. The number of rotatable bonds is 10. The molecule has 1 amide bonds. The Balaban J connectivity index is 2.45. The smallest absolute Gasteiger partial charge is 0.437 e. The van der Waals surface area contributed by atoms with Crippen molar-refractivity contribution in [2.75, 3.05) is 13.2 Å². The highest BCUT2D eigenvalue weighted by molar-refractivity contribution is 8.12. The highest BCUT2D eigenvalue weighted by Crippen LogP contribution is 2.18. The van der Waals surface area contributed by atoms with Gasteiger partial charge in [0.15, 0.2) is 0 Å².